The number of hydrogen-bond acceptors (Lipinski definition) is 5. The minimum absolute atomic E-state index is 0.103. The molecule has 1 saturated heterocycles. The maximum atomic E-state index is 12.8. The fraction of sp³-hybridized carbons (Fsp3) is 0.429. The summed E-state index contributed by atoms with van der Waals surface area (Å²) < 4.78 is 1.80. The monoisotopic (exact) mass is 470 g/mol. The number of fused-ring (bicyclic) bond motifs is 1. The van der Waals surface area contributed by atoms with Gasteiger partial charge in [0.25, 0.3) is 0 Å². The molecule has 0 atom stereocenters. The van der Waals surface area contributed by atoms with Gasteiger partial charge in [0.2, 0.25) is 0 Å². The van der Waals surface area contributed by atoms with E-state index in [0.717, 1.165) is 66.0 Å². The Balaban J connectivity index is 1.19. The quantitative estimate of drug-likeness (QED) is 0.375. The molecule has 1 fully saturated rings. The highest BCUT2D eigenvalue weighted by Crippen LogP contribution is 2.32. The number of aromatic nitrogens is 5. The van der Waals surface area contributed by atoms with E-state index >= 15 is 0 Å². The van der Waals surface area contributed by atoms with Gasteiger partial charge >= 0.3 is 0 Å². The zero-order valence-electron chi connectivity index (χ0n) is 21.1. The Morgan fingerprint density at radius 1 is 1.11 bits per heavy atom. The van der Waals surface area contributed by atoms with Crippen molar-refractivity contribution in [3.63, 3.8) is 0 Å². The SMILES string of the molecule is Cn1cc(-c2cc3c(N4CCC(CCC(=O)c5ccc(C(C)(C)C)cc5)CC4)ncnc3[nH]2)cn1. The van der Waals surface area contributed by atoms with Crippen molar-refractivity contribution in [1.29, 1.82) is 0 Å². The third-order valence-corrected chi connectivity index (χ3v) is 7.19. The number of nitrogens with zero attached hydrogens (tertiary/aromatic N) is 5. The lowest BCUT2D eigenvalue weighted by Gasteiger charge is -2.33. The molecule has 182 valence electrons. The third-order valence-electron chi connectivity index (χ3n) is 7.19. The van der Waals surface area contributed by atoms with E-state index in [-0.39, 0.29) is 11.2 Å². The molecule has 0 radical (unpaired) electrons. The lowest BCUT2D eigenvalue weighted by molar-refractivity contribution is 0.0971. The Hall–Kier alpha value is -3.48. The summed E-state index contributed by atoms with van der Waals surface area (Å²) in [6.45, 7) is 8.46. The number of Topliss-reactive ketones (excluding diaryl/α,β-unsaturated/α-hetero) is 1. The maximum absolute atomic E-state index is 12.8. The second-order valence-electron chi connectivity index (χ2n) is 10.8. The minimum Gasteiger partial charge on any atom is -0.356 e. The van der Waals surface area contributed by atoms with Crippen molar-refractivity contribution in [2.24, 2.45) is 13.0 Å². The van der Waals surface area contributed by atoms with Crippen molar-refractivity contribution in [1.82, 2.24) is 24.7 Å². The van der Waals surface area contributed by atoms with Crippen LogP contribution in [-0.4, -0.2) is 43.6 Å². The number of rotatable bonds is 6. The van der Waals surface area contributed by atoms with Gasteiger partial charge in [0.1, 0.15) is 17.8 Å². The van der Waals surface area contributed by atoms with E-state index in [4.69, 9.17) is 0 Å². The molecule has 3 aromatic heterocycles. The zero-order chi connectivity index (χ0) is 24.6. The van der Waals surface area contributed by atoms with E-state index in [1.54, 1.807) is 11.0 Å². The van der Waals surface area contributed by atoms with Crippen LogP contribution >= 0.6 is 0 Å². The van der Waals surface area contributed by atoms with Crippen LogP contribution in [0.25, 0.3) is 22.3 Å². The number of hydrogen-bond donors (Lipinski definition) is 1. The van der Waals surface area contributed by atoms with Crippen LogP contribution in [-0.2, 0) is 12.5 Å². The highest BCUT2D eigenvalue weighted by atomic mass is 16.1. The Kier molecular flexibility index (Phi) is 6.17. The summed E-state index contributed by atoms with van der Waals surface area (Å²) in [4.78, 5) is 27.6. The summed E-state index contributed by atoms with van der Waals surface area (Å²) >= 11 is 0. The number of anilines is 1. The van der Waals surface area contributed by atoms with Gasteiger partial charge in [-0.25, -0.2) is 9.97 Å². The van der Waals surface area contributed by atoms with Crippen LogP contribution in [0.4, 0.5) is 5.82 Å². The van der Waals surface area contributed by atoms with Gasteiger partial charge in [-0.05, 0) is 42.2 Å². The van der Waals surface area contributed by atoms with Crippen molar-refractivity contribution in [3.05, 3.63) is 60.2 Å². The van der Waals surface area contributed by atoms with Crippen LogP contribution < -0.4 is 4.90 Å². The highest BCUT2D eigenvalue weighted by Gasteiger charge is 2.23. The van der Waals surface area contributed by atoms with Crippen molar-refractivity contribution >= 4 is 22.6 Å². The minimum atomic E-state index is 0.103. The van der Waals surface area contributed by atoms with Gasteiger partial charge < -0.3 is 9.88 Å². The van der Waals surface area contributed by atoms with Gasteiger partial charge in [0.05, 0.1) is 17.3 Å². The molecule has 0 unspecified atom stereocenters. The summed E-state index contributed by atoms with van der Waals surface area (Å²) in [5.74, 6) is 1.80. The van der Waals surface area contributed by atoms with Crippen molar-refractivity contribution in [2.75, 3.05) is 18.0 Å². The molecule has 1 aliphatic heterocycles. The molecule has 4 aromatic rings. The molecule has 1 N–H and O–H groups in total. The van der Waals surface area contributed by atoms with Crippen LogP contribution in [0, 0.1) is 5.92 Å². The van der Waals surface area contributed by atoms with E-state index in [1.165, 1.54) is 5.56 Å². The largest absolute Gasteiger partial charge is 0.356 e. The number of nitrogens with one attached hydrogen (secondary N) is 1. The smallest absolute Gasteiger partial charge is 0.162 e. The average molecular weight is 471 g/mol. The standard InChI is InChI=1S/C28H34N6O/c1-28(2,3)22-8-6-20(7-9-22)25(35)10-5-19-11-13-34(14-12-19)27-23-15-24(21-16-31-33(4)17-21)32-26(23)29-18-30-27/h6-9,15-19H,5,10-14H2,1-4H3,(H,29,30,32). The third kappa shape index (κ3) is 4.99. The number of aryl methyl sites for hydroxylation is 1. The van der Waals surface area contributed by atoms with Gasteiger partial charge in [-0.3, -0.25) is 9.48 Å². The maximum Gasteiger partial charge on any atom is 0.162 e. The predicted molar refractivity (Wildman–Crippen MR) is 140 cm³/mol. The number of aromatic amines is 1. The van der Waals surface area contributed by atoms with Crippen LogP contribution in [0.1, 0.15) is 62.4 Å². The number of ketones is 1. The molecule has 0 saturated carbocycles. The van der Waals surface area contributed by atoms with Crippen LogP contribution in [0.2, 0.25) is 0 Å². The number of benzene rings is 1. The molecule has 7 nitrogen and oxygen atoms in total. The van der Waals surface area contributed by atoms with E-state index < -0.39 is 0 Å². The Bertz CT molecular complexity index is 1320. The number of H-pyrrole nitrogens is 1. The summed E-state index contributed by atoms with van der Waals surface area (Å²) in [5.41, 5.74) is 5.07. The number of piperidine rings is 1. The predicted octanol–water partition coefficient (Wildman–Crippen LogP) is 5.54. The molecular weight excluding hydrogens is 436 g/mol. The first kappa shape index (κ1) is 23.3. The molecule has 0 amide bonds. The normalized spacial score (nSPS) is 15.1. The second kappa shape index (κ2) is 9.29. The Morgan fingerprint density at radius 3 is 2.51 bits per heavy atom. The molecule has 5 rings (SSSR count). The van der Waals surface area contributed by atoms with E-state index in [1.807, 2.05) is 31.6 Å². The van der Waals surface area contributed by atoms with Gasteiger partial charge in [-0.1, -0.05) is 45.0 Å². The Morgan fingerprint density at radius 2 is 1.86 bits per heavy atom. The molecule has 1 aliphatic rings. The highest BCUT2D eigenvalue weighted by molar-refractivity contribution is 5.96. The fourth-order valence-electron chi connectivity index (χ4n) is 4.96. The molecule has 7 heteroatoms. The van der Waals surface area contributed by atoms with Gasteiger partial charge in [0.15, 0.2) is 5.78 Å². The van der Waals surface area contributed by atoms with Gasteiger partial charge in [-0.15, -0.1) is 0 Å². The molecule has 0 spiro atoms. The van der Waals surface area contributed by atoms with Gasteiger partial charge in [0, 0.05) is 43.9 Å². The van der Waals surface area contributed by atoms with Crippen LogP contribution in [0.15, 0.2) is 49.1 Å². The summed E-state index contributed by atoms with van der Waals surface area (Å²) in [7, 11) is 1.91. The zero-order valence-corrected chi connectivity index (χ0v) is 21.1. The van der Waals surface area contributed by atoms with Crippen LogP contribution in [0.5, 0.6) is 0 Å². The van der Waals surface area contributed by atoms with E-state index in [0.29, 0.717) is 12.3 Å². The number of carbonyl (C=O) groups is 1. The molecule has 1 aromatic carbocycles. The van der Waals surface area contributed by atoms with E-state index in [2.05, 4.69) is 63.9 Å². The first-order valence-corrected chi connectivity index (χ1v) is 12.5. The van der Waals surface area contributed by atoms with E-state index in [9.17, 15) is 4.79 Å². The van der Waals surface area contributed by atoms with Crippen molar-refractivity contribution in [2.45, 2.75) is 51.9 Å². The first-order chi connectivity index (χ1) is 16.8. The first-order valence-electron chi connectivity index (χ1n) is 12.5. The molecule has 4 heterocycles. The van der Waals surface area contributed by atoms with Crippen molar-refractivity contribution in [3.8, 4) is 11.3 Å². The van der Waals surface area contributed by atoms with Crippen molar-refractivity contribution < 1.29 is 4.79 Å². The Labute approximate surface area is 206 Å². The second-order valence-corrected chi connectivity index (χ2v) is 10.8. The molecule has 0 aliphatic carbocycles. The molecular formula is C28H34N6O. The fourth-order valence-corrected chi connectivity index (χ4v) is 4.96. The molecule has 35 heavy (non-hydrogen) atoms. The summed E-state index contributed by atoms with van der Waals surface area (Å²) in [6.07, 6.45) is 9.18. The lowest BCUT2D eigenvalue weighted by atomic mass is 9.86. The number of carbonyl (C=O) groups excluding carboxylic acids is 1. The summed E-state index contributed by atoms with van der Waals surface area (Å²) in [6, 6.07) is 10.3. The van der Waals surface area contributed by atoms with Crippen LogP contribution in [0.3, 0.4) is 0 Å². The lowest BCUT2D eigenvalue weighted by Crippen LogP contribution is -2.34. The van der Waals surface area contributed by atoms with Gasteiger partial charge in [-0.2, -0.15) is 5.10 Å². The topological polar surface area (TPSA) is 79.7 Å². The molecule has 0 bridgehead atoms. The average Bonchev–Trinajstić information content (AvgIpc) is 3.48. The summed E-state index contributed by atoms with van der Waals surface area (Å²) in [5, 5.41) is 5.31.